The molecule has 1 heterocycles. The maximum absolute atomic E-state index is 10.6. The predicted octanol–water partition coefficient (Wildman–Crippen LogP) is 3.27. The summed E-state index contributed by atoms with van der Waals surface area (Å²) < 4.78 is 5.46. The molecule has 7 heteroatoms. The first-order valence-corrected chi connectivity index (χ1v) is 6.25. The van der Waals surface area contributed by atoms with Gasteiger partial charge in [0.25, 0.3) is 5.69 Å². The summed E-state index contributed by atoms with van der Waals surface area (Å²) >= 11 is 0. The number of pyridine rings is 1. The molecule has 0 saturated heterocycles. The molecule has 0 atom stereocenters. The Bertz CT molecular complexity index is 721. The molecule has 0 spiro atoms. The molecular formula is C15H12N2O5. The van der Waals surface area contributed by atoms with E-state index < -0.39 is 10.9 Å². The number of hydrogen-bond donors (Lipinski definition) is 1. The smallest absolute Gasteiger partial charge is 0.328 e. The Morgan fingerprint density at radius 2 is 1.95 bits per heavy atom. The summed E-state index contributed by atoms with van der Waals surface area (Å²) in [5, 5.41) is 19.2. The number of nitro groups is 1. The Kier molecular flexibility index (Phi) is 4.47. The minimum atomic E-state index is -1.01. The molecule has 2 aromatic rings. The van der Waals surface area contributed by atoms with Crippen LogP contribution in [-0.2, 0) is 4.79 Å². The standard InChI is InChI=1S/C15H12N2O5/c1-10(8-15(18)19)11-2-5-13(6-3-11)22-14-7-4-12(9-16-14)17(20)21/h2-9H,1H3,(H,18,19)/b10-8+. The highest BCUT2D eigenvalue weighted by Crippen LogP contribution is 2.23. The van der Waals surface area contributed by atoms with E-state index >= 15 is 0 Å². The fourth-order valence-corrected chi connectivity index (χ4v) is 1.72. The van der Waals surface area contributed by atoms with E-state index in [2.05, 4.69) is 4.98 Å². The van der Waals surface area contributed by atoms with Crippen LogP contribution in [0.2, 0.25) is 0 Å². The topological polar surface area (TPSA) is 103 Å². The molecule has 2 rings (SSSR count). The molecule has 0 bridgehead atoms. The van der Waals surface area contributed by atoms with Crippen LogP contribution in [0.4, 0.5) is 5.69 Å². The van der Waals surface area contributed by atoms with Gasteiger partial charge in [0.2, 0.25) is 5.88 Å². The molecule has 0 saturated carbocycles. The number of carboxylic acid groups (broad SMARTS) is 1. The Morgan fingerprint density at radius 1 is 1.27 bits per heavy atom. The number of carbonyl (C=O) groups is 1. The first-order valence-electron chi connectivity index (χ1n) is 6.25. The van der Waals surface area contributed by atoms with E-state index in [4.69, 9.17) is 9.84 Å². The van der Waals surface area contributed by atoms with E-state index in [1.165, 1.54) is 12.1 Å². The van der Waals surface area contributed by atoms with Crippen LogP contribution in [-0.4, -0.2) is 21.0 Å². The van der Waals surface area contributed by atoms with Gasteiger partial charge in [-0.15, -0.1) is 0 Å². The number of carboxylic acids is 1. The summed E-state index contributed by atoms with van der Waals surface area (Å²) in [6, 6.07) is 9.47. The molecule has 0 radical (unpaired) electrons. The van der Waals surface area contributed by atoms with Crippen LogP contribution in [0.5, 0.6) is 11.6 Å². The van der Waals surface area contributed by atoms with E-state index in [-0.39, 0.29) is 11.6 Å². The molecule has 0 fully saturated rings. The van der Waals surface area contributed by atoms with Crippen LogP contribution in [0.25, 0.3) is 5.57 Å². The quantitative estimate of drug-likeness (QED) is 0.516. The molecule has 1 aromatic carbocycles. The monoisotopic (exact) mass is 300 g/mol. The third-order valence-electron chi connectivity index (χ3n) is 2.80. The van der Waals surface area contributed by atoms with Gasteiger partial charge in [0.05, 0.1) is 4.92 Å². The molecular weight excluding hydrogens is 288 g/mol. The Labute approximate surface area is 125 Å². The third kappa shape index (κ3) is 3.89. The first kappa shape index (κ1) is 15.2. The number of hydrogen-bond acceptors (Lipinski definition) is 5. The number of aliphatic carboxylic acids is 1. The van der Waals surface area contributed by atoms with Gasteiger partial charge in [-0.1, -0.05) is 12.1 Å². The zero-order valence-corrected chi connectivity index (χ0v) is 11.6. The Balaban J connectivity index is 2.11. The van der Waals surface area contributed by atoms with Gasteiger partial charge in [0.1, 0.15) is 11.9 Å². The lowest BCUT2D eigenvalue weighted by atomic mass is 10.1. The van der Waals surface area contributed by atoms with E-state index in [9.17, 15) is 14.9 Å². The van der Waals surface area contributed by atoms with Gasteiger partial charge in [-0.2, -0.15) is 0 Å². The van der Waals surface area contributed by atoms with Crippen LogP contribution in [0.3, 0.4) is 0 Å². The lowest BCUT2D eigenvalue weighted by molar-refractivity contribution is -0.385. The molecule has 7 nitrogen and oxygen atoms in total. The van der Waals surface area contributed by atoms with Gasteiger partial charge in [-0.05, 0) is 30.2 Å². The van der Waals surface area contributed by atoms with E-state index in [1.807, 2.05) is 0 Å². The van der Waals surface area contributed by atoms with Gasteiger partial charge in [-0.25, -0.2) is 9.78 Å². The highest BCUT2D eigenvalue weighted by molar-refractivity contribution is 5.89. The van der Waals surface area contributed by atoms with Crippen molar-refractivity contribution < 1.29 is 19.6 Å². The normalized spacial score (nSPS) is 11.0. The second-order valence-electron chi connectivity index (χ2n) is 4.40. The van der Waals surface area contributed by atoms with Crippen molar-refractivity contribution in [3.63, 3.8) is 0 Å². The number of aromatic nitrogens is 1. The highest BCUT2D eigenvalue weighted by atomic mass is 16.6. The van der Waals surface area contributed by atoms with Crippen molar-refractivity contribution >= 4 is 17.2 Å². The second-order valence-corrected chi connectivity index (χ2v) is 4.40. The zero-order chi connectivity index (χ0) is 16.1. The second kappa shape index (κ2) is 6.49. The van der Waals surface area contributed by atoms with Crippen molar-refractivity contribution in [2.75, 3.05) is 0 Å². The van der Waals surface area contributed by atoms with Crippen molar-refractivity contribution in [3.05, 3.63) is 64.3 Å². The van der Waals surface area contributed by atoms with Crippen LogP contribution in [0, 0.1) is 10.1 Å². The number of rotatable bonds is 5. The highest BCUT2D eigenvalue weighted by Gasteiger charge is 2.06. The predicted molar refractivity (Wildman–Crippen MR) is 78.7 cm³/mol. The number of allylic oxidation sites excluding steroid dienone is 1. The van der Waals surface area contributed by atoms with Gasteiger partial charge >= 0.3 is 5.97 Å². The molecule has 0 aliphatic rings. The Morgan fingerprint density at radius 3 is 2.45 bits per heavy atom. The van der Waals surface area contributed by atoms with E-state index in [1.54, 1.807) is 31.2 Å². The molecule has 1 N–H and O–H groups in total. The maximum atomic E-state index is 10.6. The molecule has 112 valence electrons. The minimum Gasteiger partial charge on any atom is -0.478 e. The van der Waals surface area contributed by atoms with Gasteiger partial charge in [0.15, 0.2) is 0 Å². The first-order chi connectivity index (χ1) is 10.5. The fourth-order valence-electron chi connectivity index (χ4n) is 1.72. The van der Waals surface area contributed by atoms with E-state index in [0.717, 1.165) is 17.8 Å². The molecule has 1 aromatic heterocycles. The van der Waals surface area contributed by atoms with Crippen molar-refractivity contribution in [1.29, 1.82) is 0 Å². The SMILES string of the molecule is C/C(=C\C(=O)O)c1ccc(Oc2ccc([N+](=O)[O-])cn2)cc1. The van der Waals surface area contributed by atoms with Crippen molar-refractivity contribution in [3.8, 4) is 11.6 Å². The lowest BCUT2D eigenvalue weighted by Gasteiger charge is -2.06. The maximum Gasteiger partial charge on any atom is 0.328 e. The Hall–Kier alpha value is -3.22. The van der Waals surface area contributed by atoms with Crippen LogP contribution < -0.4 is 4.74 Å². The van der Waals surface area contributed by atoms with Crippen LogP contribution >= 0.6 is 0 Å². The van der Waals surface area contributed by atoms with Gasteiger partial charge < -0.3 is 9.84 Å². The zero-order valence-electron chi connectivity index (χ0n) is 11.6. The fraction of sp³-hybridized carbons (Fsp3) is 0.0667. The van der Waals surface area contributed by atoms with E-state index in [0.29, 0.717) is 11.3 Å². The molecule has 0 amide bonds. The summed E-state index contributed by atoms with van der Waals surface area (Å²) in [5.74, 6) is -0.280. The lowest BCUT2D eigenvalue weighted by Crippen LogP contribution is -1.92. The molecule has 0 aliphatic carbocycles. The largest absolute Gasteiger partial charge is 0.478 e. The van der Waals surface area contributed by atoms with Gasteiger partial charge in [-0.3, -0.25) is 10.1 Å². The number of benzene rings is 1. The van der Waals surface area contributed by atoms with Crippen molar-refractivity contribution in [1.82, 2.24) is 4.98 Å². The average molecular weight is 300 g/mol. The van der Waals surface area contributed by atoms with Gasteiger partial charge in [0, 0.05) is 18.2 Å². The average Bonchev–Trinajstić information content (AvgIpc) is 2.48. The van der Waals surface area contributed by atoms with Crippen LogP contribution in [0.15, 0.2) is 48.7 Å². The summed E-state index contributed by atoms with van der Waals surface area (Å²) in [5.41, 5.74) is 1.26. The van der Waals surface area contributed by atoms with Crippen molar-refractivity contribution in [2.45, 2.75) is 6.92 Å². The minimum absolute atomic E-state index is 0.114. The van der Waals surface area contributed by atoms with Crippen molar-refractivity contribution in [2.24, 2.45) is 0 Å². The summed E-state index contributed by atoms with van der Waals surface area (Å²) in [6.07, 6.45) is 2.23. The molecule has 0 aliphatic heterocycles. The molecule has 0 unspecified atom stereocenters. The third-order valence-corrected chi connectivity index (χ3v) is 2.80. The van der Waals surface area contributed by atoms with Crippen LogP contribution in [0.1, 0.15) is 12.5 Å². The summed E-state index contributed by atoms with van der Waals surface area (Å²) in [4.78, 5) is 24.4. The summed E-state index contributed by atoms with van der Waals surface area (Å²) in [6.45, 7) is 1.70. The summed E-state index contributed by atoms with van der Waals surface area (Å²) in [7, 11) is 0. The number of nitrogens with zero attached hydrogens (tertiary/aromatic N) is 2. The molecule has 22 heavy (non-hydrogen) atoms. The number of ether oxygens (including phenoxy) is 1.